The van der Waals surface area contributed by atoms with E-state index in [1.54, 1.807) is 19.1 Å². The van der Waals surface area contributed by atoms with Gasteiger partial charge >= 0.3 is 0 Å². The van der Waals surface area contributed by atoms with Crippen molar-refractivity contribution in [2.75, 3.05) is 32.2 Å². The van der Waals surface area contributed by atoms with E-state index in [0.29, 0.717) is 24.6 Å². The van der Waals surface area contributed by atoms with Crippen LogP contribution in [0.1, 0.15) is 13.8 Å². The van der Waals surface area contributed by atoms with Gasteiger partial charge in [-0.2, -0.15) is 0 Å². The van der Waals surface area contributed by atoms with Gasteiger partial charge in [-0.1, -0.05) is 0 Å². The van der Waals surface area contributed by atoms with E-state index in [4.69, 9.17) is 9.47 Å². The number of rotatable bonds is 3. The van der Waals surface area contributed by atoms with Crippen molar-refractivity contribution in [3.8, 4) is 11.5 Å². The molecule has 1 saturated heterocycles. The van der Waals surface area contributed by atoms with Crippen molar-refractivity contribution in [3.63, 3.8) is 0 Å². The van der Waals surface area contributed by atoms with Gasteiger partial charge in [-0.05, 0) is 26.0 Å². The second kappa shape index (κ2) is 5.09. The minimum atomic E-state index is -0.0962. The maximum absolute atomic E-state index is 12.0. The Bertz CT molecular complexity index is 486. The van der Waals surface area contributed by atoms with E-state index in [2.05, 4.69) is 19.2 Å². The van der Waals surface area contributed by atoms with Crippen LogP contribution >= 0.6 is 0 Å². The molecular weight excluding hydrogens is 244 g/mol. The molecule has 0 bridgehead atoms. The smallest absolute Gasteiger partial charge is 0.241 e. The molecule has 0 radical (unpaired) electrons. The minimum absolute atomic E-state index is 0.0616. The van der Waals surface area contributed by atoms with Crippen molar-refractivity contribution in [1.29, 1.82) is 0 Å². The third kappa shape index (κ3) is 2.81. The van der Waals surface area contributed by atoms with Gasteiger partial charge in [0.1, 0.15) is 0 Å². The molecule has 1 aromatic carbocycles. The van der Waals surface area contributed by atoms with E-state index in [1.807, 2.05) is 18.2 Å². The number of benzene rings is 1. The Morgan fingerprint density at radius 1 is 1.21 bits per heavy atom. The van der Waals surface area contributed by atoms with Gasteiger partial charge in [0, 0.05) is 23.8 Å². The first kappa shape index (κ1) is 13.7. The van der Waals surface area contributed by atoms with Gasteiger partial charge in [0.05, 0.1) is 20.8 Å². The molecule has 5 nitrogen and oxygen atoms in total. The molecule has 1 amide bonds. The van der Waals surface area contributed by atoms with E-state index in [1.165, 1.54) is 0 Å². The lowest BCUT2D eigenvalue weighted by atomic mass is 10.0. The van der Waals surface area contributed by atoms with Crippen LogP contribution in [-0.4, -0.2) is 38.8 Å². The van der Waals surface area contributed by atoms with E-state index < -0.39 is 0 Å². The minimum Gasteiger partial charge on any atom is -0.493 e. The maximum atomic E-state index is 12.0. The second-order valence-electron chi connectivity index (χ2n) is 5.26. The third-order valence-electron chi connectivity index (χ3n) is 3.25. The summed E-state index contributed by atoms with van der Waals surface area (Å²) in [6, 6.07) is 5.52. The number of nitrogens with one attached hydrogen (secondary N) is 1. The summed E-state index contributed by atoms with van der Waals surface area (Å²) in [5.74, 6) is 1.35. The van der Waals surface area contributed by atoms with Crippen LogP contribution in [0.5, 0.6) is 11.5 Å². The van der Waals surface area contributed by atoms with Gasteiger partial charge in [0.15, 0.2) is 11.5 Å². The number of methoxy groups -OCH3 is 2. The first-order valence-corrected chi connectivity index (χ1v) is 6.24. The van der Waals surface area contributed by atoms with Crippen LogP contribution in [-0.2, 0) is 4.79 Å². The number of carbonyl (C=O) groups is 1. The van der Waals surface area contributed by atoms with Gasteiger partial charge in [-0.3, -0.25) is 4.79 Å². The molecule has 1 N–H and O–H groups in total. The van der Waals surface area contributed by atoms with Gasteiger partial charge in [-0.15, -0.1) is 0 Å². The number of ether oxygens (including phenoxy) is 2. The fraction of sp³-hybridized carbons (Fsp3) is 0.500. The van der Waals surface area contributed by atoms with Crippen molar-refractivity contribution < 1.29 is 14.3 Å². The maximum Gasteiger partial charge on any atom is 0.241 e. The zero-order chi connectivity index (χ0) is 14.0. The third-order valence-corrected chi connectivity index (χ3v) is 3.25. The van der Waals surface area contributed by atoms with E-state index in [0.717, 1.165) is 5.69 Å². The SMILES string of the molecule is COc1ccc(N2CC(C)(C)NCC2=O)cc1OC. The Morgan fingerprint density at radius 2 is 1.89 bits per heavy atom. The molecule has 2 rings (SSSR count). The lowest BCUT2D eigenvalue weighted by Gasteiger charge is -2.38. The van der Waals surface area contributed by atoms with Crippen LogP contribution in [0.4, 0.5) is 5.69 Å². The van der Waals surface area contributed by atoms with E-state index >= 15 is 0 Å². The molecule has 1 aromatic rings. The van der Waals surface area contributed by atoms with Crippen molar-refractivity contribution in [2.45, 2.75) is 19.4 Å². The zero-order valence-electron chi connectivity index (χ0n) is 11.8. The molecule has 0 atom stereocenters. The Labute approximate surface area is 113 Å². The summed E-state index contributed by atoms with van der Waals surface area (Å²) >= 11 is 0. The van der Waals surface area contributed by atoms with Crippen LogP contribution in [0, 0.1) is 0 Å². The van der Waals surface area contributed by atoms with Crippen molar-refractivity contribution in [1.82, 2.24) is 5.32 Å². The highest BCUT2D eigenvalue weighted by Crippen LogP contribution is 2.32. The highest BCUT2D eigenvalue weighted by atomic mass is 16.5. The Balaban J connectivity index is 2.32. The van der Waals surface area contributed by atoms with E-state index in [9.17, 15) is 4.79 Å². The van der Waals surface area contributed by atoms with Crippen LogP contribution in [0.3, 0.4) is 0 Å². The van der Waals surface area contributed by atoms with E-state index in [-0.39, 0.29) is 11.4 Å². The quantitative estimate of drug-likeness (QED) is 0.897. The molecular formula is C14H20N2O3. The van der Waals surface area contributed by atoms with Crippen LogP contribution in [0.2, 0.25) is 0 Å². The lowest BCUT2D eigenvalue weighted by molar-refractivity contribution is -0.119. The number of hydrogen-bond donors (Lipinski definition) is 1. The summed E-state index contributed by atoms with van der Waals surface area (Å²) < 4.78 is 10.5. The summed E-state index contributed by atoms with van der Waals surface area (Å²) in [7, 11) is 3.18. The van der Waals surface area contributed by atoms with Crippen molar-refractivity contribution >= 4 is 11.6 Å². The molecule has 1 aliphatic heterocycles. The fourth-order valence-corrected chi connectivity index (χ4v) is 2.18. The molecule has 0 unspecified atom stereocenters. The number of amides is 1. The molecule has 0 aromatic heterocycles. The molecule has 5 heteroatoms. The molecule has 0 saturated carbocycles. The van der Waals surface area contributed by atoms with Crippen molar-refractivity contribution in [2.24, 2.45) is 0 Å². The predicted molar refractivity (Wildman–Crippen MR) is 74.0 cm³/mol. The Morgan fingerprint density at radius 3 is 2.53 bits per heavy atom. The average molecular weight is 264 g/mol. The number of carbonyl (C=O) groups excluding carboxylic acids is 1. The highest BCUT2D eigenvalue weighted by Gasteiger charge is 2.31. The summed E-state index contributed by atoms with van der Waals surface area (Å²) in [5.41, 5.74) is 0.735. The topological polar surface area (TPSA) is 50.8 Å². The van der Waals surface area contributed by atoms with Crippen LogP contribution in [0.25, 0.3) is 0 Å². The number of hydrogen-bond acceptors (Lipinski definition) is 4. The molecule has 1 fully saturated rings. The monoisotopic (exact) mass is 264 g/mol. The van der Waals surface area contributed by atoms with Gasteiger partial charge in [0.25, 0.3) is 0 Å². The molecule has 0 aliphatic carbocycles. The largest absolute Gasteiger partial charge is 0.493 e. The normalized spacial score (nSPS) is 18.3. The molecule has 19 heavy (non-hydrogen) atoms. The standard InChI is InChI=1S/C14H20N2O3/c1-14(2)9-16(13(17)8-15-14)10-5-6-11(18-3)12(7-10)19-4/h5-7,15H,8-9H2,1-4H3. The fourth-order valence-electron chi connectivity index (χ4n) is 2.18. The average Bonchev–Trinajstić information content (AvgIpc) is 2.40. The predicted octanol–water partition coefficient (Wildman–Crippen LogP) is 1.42. The van der Waals surface area contributed by atoms with Crippen LogP contribution < -0.4 is 19.7 Å². The first-order valence-electron chi connectivity index (χ1n) is 6.24. The summed E-state index contributed by atoms with van der Waals surface area (Å²) in [4.78, 5) is 13.8. The molecule has 104 valence electrons. The summed E-state index contributed by atoms with van der Waals surface area (Å²) in [6.45, 7) is 5.13. The van der Waals surface area contributed by atoms with Crippen molar-refractivity contribution in [3.05, 3.63) is 18.2 Å². The first-order chi connectivity index (χ1) is 8.96. The van der Waals surface area contributed by atoms with Crippen LogP contribution in [0.15, 0.2) is 18.2 Å². The zero-order valence-corrected chi connectivity index (χ0v) is 11.8. The Kier molecular flexibility index (Phi) is 3.66. The lowest BCUT2D eigenvalue weighted by Crippen LogP contribution is -2.59. The molecule has 1 heterocycles. The molecule has 0 spiro atoms. The number of nitrogens with zero attached hydrogens (tertiary/aromatic N) is 1. The van der Waals surface area contributed by atoms with Gasteiger partial charge < -0.3 is 19.7 Å². The molecule has 1 aliphatic rings. The Hall–Kier alpha value is -1.75. The summed E-state index contributed by atoms with van der Waals surface area (Å²) in [6.07, 6.45) is 0. The number of anilines is 1. The number of piperazine rings is 1. The second-order valence-corrected chi connectivity index (χ2v) is 5.26. The summed E-state index contributed by atoms with van der Waals surface area (Å²) in [5, 5.41) is 3.21. The van der Waals surface area contributed by atoms with Gasteiger partial charge in [-0.25, -0.2) is 0 Å². The van der Waals surface area contributed by atoms with Gasteiger partial charge in [0.2, 0.25) is 5.91 Å². The highest BCUT2D eigenvalue weighted by molar-refractivity contribution is 5.96.